The van der Waals surface area contributed by atoms with Crippen LogP contribution in [-0.4, -0.2) is 28.9 Å². The number of nitrogens with zero attached hydrogens (tertiary/aromatic N) is 2. The summed E-state index contributed by atoms with van der Waals surface area (Å²) < 4.78 is 0. The van der Waals surface area contributed by atoms with Crippen LogP contribution in [0.3, 0.4) is 0 Å². The number of hydrogen-bond donors (Lipinski definition) is 1. The summed E-state index contributed by atoms with van der Waals surface area (Å²) in [6.07, 6.45) is 3.73. The predicted molar refractivity (Wildman–Crippen MR) is 67.8 cm³/mol. The van der Waals surface area contributed by atoms with E-state index in [1.807, 2.05) is 24.2 Å². The molecule has 0 bridgehead atoms. The Morgan fingerprint density at radius 1 is 1.44 bits per heavy atom. The van der Waals surface area contributed by atoms with Crippen LogP contribution < -0.4 is 5.32 Å². The Hall–Kier alpha value is -0.870. The van der Waals surface area contributed by atoms with E-state index >= 15 is 0 Å². The molecule has 1 saturated heterocycles. The first-order valence-corrected chi connectivity index (χ1v) is 6.60. The molecule has 0 saturated carbocycles. The highest BCUT2D eigenvalue weighted by Gasteiger charge is 2.46. The Morgan fingerprint density at radius 2 is 2.25 bits per heavy atom. The molecule has 3 nitrogen and oxygen atoms in total. The van der Waals surface area contributed by atoms with Gasteiger partial charge in [-0.15, -0.1) is 11.8 Å². The molecule has 0 aliphatic carbocycles. The van der Waals surface area contributed by atoms with Crippen molar-refractivity contribution in [1.29, 1.82) is 0 Å². The van der Waals surface area contributed by atoms with Gasteiger partial charge in [0.1, 0.15) is 5.54 Å². The third-order valence-corrected chi connectivity index (χ3v) is 4.57. The highest BCUT2D eigenvalue weighted by atomic mass is 32.2. The first-order chi connectivity index (χ1) is 7.81. The van der Waals surface area contributed by atoms with Crippen molar-refractivity contribution in [2.45, 2.75) is 12.5 Å². The van der Waals surface area contributed by atoms with Gasteiger partial charge in [0.2, 0.25) is 0 Å². The lowest BCUT2D eigenvalue weighted by molar-refractivity contribution is 0.387. The van der Waals surface area contributed by atoms with Gasteiger partial charge in [0.05, 0.1) is 5.04 Å². The summed E-state index contributed by atoms with van der Waals surface area (Å²) >= 11 is 1.88. The second kappa shape index (κ2) is 3.86. The van der Waals surface area contributed by atoms with Gasteiger partial charge in [0.15, 0.2) is 0 Å². The van der Waals surface area contributed by atoms with Gasteiger partial charge < -0.3 is 5.32 Å². The molecule has 1 aromatic rings. The zero-order valence-corrected chi connectivity index (χ0v) is 10.1. The minimum atomic E-state index is -0.0295. The zero-order valence-electron chi connectivity index (χ0n) is 9.31. The number of hydrogen-bond acceptors (Lipinski definition) is 4. The standard InChI is InChI=1S/C12H15N3S/c1-9-15-12(10-2-4-13-5-3-10)8-14-6-11(12)7-16-9/h2-5,11,14H,6-8H2,1H3. The van der Waals surface area contributed by atoms with Crippen LogP contribution in [0.25, 0.3) is 0 Å². The van der Waals surface area contributed by atoms with E-state index in [4.69, 9.17) is 4.99 Å². The molecule has 0 spiro atoms. The number of aromatic nitrogens is 1. The van der Waals surface area contributed by atoms with Crippen molar-refractivity contribution in [3.63, 3.8) is 0 Å². The average Bonchev–Trinajstić information content (AvgIpc) is 2.74. The summed E-state index contributed by atoms with van der Waals surface area (Å²) in [6.45, 7) is 4.15. The minimum absolute atomic E-state index is 0.0295. The van der Waals surface area contributed by atoms with E-state index in [0.717, 1.165) is 13.1 Å². The van der Waals surface area contributed by atoms with Gasteiger partial charge in [0, 0.05) is 37.2 Å². The molecule has 2 aliphatic heterocycles. The molecule has 2 unspecified atom stereocenters. The summed E-state index contributed by atoms with van der Waals surface area (Å²) in [5, 5.41) is 4.69. The van der Waals surface area contributed by atoms with E-state index in [9.17, 15) is 0 Å². The Kier molecular flexibility index (Phi) is 2.48. The first-order valence-electron chi connectivity index (χ1n) is 5.62. The molecule has 2 atom stereocenters. The molecule has 0 amide bonds. The lowest BCUT2D eigenvalue weighted by Gasteiger charge is -2.35. The van der Waals surface area contributed by atoms with Gasteiger partial charge in [-0.25, -0.2) is 0 Å². The van der Waals surface area contributed by atoms with Crippen molar-refractivity contribution in [2.24, 2.45) is 10.9 Å². The second-order valence-electron chi connectivity index (χ2n) is 4.43. The molecule has 2 aliphatic rings. The fourth-order valence-corrected chi connectivity index (χ4v) is 3.72. The molecule has 16 heavy (non-hydrogen) atoms. The molecular weight excluding hydrogens is 218 g/mol. The van der Waals surface area contributed by atoms with Gasteiger partial charge in [-0.2, -0.15) is 0 Å². The highest BCUT2D eigenvalue weighted by Crippen LogP contribution is 2.42. The number of fused-ring (bicyclic) bond motifs is 1. The molecule has 1 fully saturated rings. The zero-order chi connectivity index (χ0) is 11.0. The van der Waals surface area contributed by atoms with Crippen LogP contribution in [-0.2, 0) is 5.54 Å². The molecule has 84 valence electrons. The van der Waals surface area contributed by atoms with Crippen molar-refractivity contribution in [2.75, 3.05) is 18.8 Å². The maximum Gasteiger partial charge on any atom is 0.104 e. The topological polar surface area (TPSA) is 37.3 Å². The van der Waals surface area contributed by atoms with Gasteiger partial charge >= 0.3 is 0 Å². The summed E-state index contributed by atoms with van der Waals surface area (Å²) in [6, 6.07) is 4.21. The number of aliphatic imine (C=N–C) groups is 1. The SMILES string of the molecule is CC1=NC2(c3ccncc3)CNCC2CS1. The molecule has 3 rings (SSSR count). The van der Waals surface area contributed by atoms with Gasteiger partial charge in [-0.1, -0.05) is 0 Å². The monoisotopic (exact) mass is 233 g/mol. The summed E-state index contributed by atoms with van der Waals surface area (Å²) in [4.78, 5) is 9.03. The smallest absolute Gasteiger partial charge is 0.104 e. The molecule has 1 aromatic heterocycles. The van der Waals surface area contributed by atoms with Crippen molar-refractivity contribution < 1.29 is 0 Å². The summed E-state index contributed by atoms with van der Waals surface area (Å²) in [5.74, 6) is 1.79. The first kappa shape index (κ1) is 10.3. The van der Waals surface area contributed by atoms with Crippen molar-refractivity contribution >= 4 is 16.8 Å². The molecule has 0 radical (unpaired) electrons. The van der Waals surface area contributed by atoms with Gasteiger partial charge in [-0.3, -0.25) is 9.98 Å². The normalized spacial score (nSPS) is 33.3. The van der Waals surface area contributed by atoms with Crippen LogP contribution in [0.15, 0.2) is 29.5 Å². The van der Waals surface area contributed by atoms with Crippen LogP contribution >= 0.6 is 11.8 Å². The fraction of sp³-hybridized carbons (Fsp3) is 0.500. The Labute approximate surface area is 99.8 Å². The highest BCUT2D eigenvalue weighted by molar-refractivity contribution is 8.13. The van der Waals surface area contributed by atoms with E-state index < -0.39 is 0 Å². The molecule has 3 heterocycles. The number of thioether (sulfide) groups is 1. The van der Waals surface area contributed by atoms with Crippen molar-refractivity contribution in [3.05, 3.63) is 30.1 Å². The van der Waals surface area contributed by atoms with Crippen LogP contribution in [0, 0.1) is 5.92 Å². The maximum atomic E-state index is 4.94. The molecule has 1 N–H and O–H groups in total. The number of nitrogens with one attached hydrogen (secondary N) is 1. The lowest BCUT2D eigenvalue weighted by Crippen LogP contribution is -2.37. The van der Waals surface area contributed by atoms with E-state index in [0.29, 0.717) is 5.92 Å². The summed E-state index contributed by atoms with van der Waals surface area (Å²) in [7, 11) is 0. The fourth-order valence-electron chi connectivity index (χ4n) is 2.66. The van der Waals surface area contributed by atoms with Crippen LogP contribution in [0.5, 0.6) is 0 Å². The maximum absolute atomic E-state index is 4.94. The van der Waals surface area contributed by atoms with Crippen LogP contribution in [0.1, 0.15) is 12.5 Å². The number of pyridine rings is 1. The Bertz CT molecular complexity index is 418. The molecule has 0 aromatic carbocycles. The Balaban J connectivity index is 2.10. The molecular formula is C12H15N3S. The van der Waals surface area contributed by atoms with Gasteiger partial charge in [-0.05, 0) is 24.6 Å². The average molecular weight is 233 g/mol. The third-order valence-electron chi connectivity index (χ3n) is 3.49. The Morgan fingerprint density at radius 3 is 3.06 bits per heavy atom. The predicted octanol–water partition coefficient (Wildman–Crippen LogP) is 1.66. The largest absolute Gasteiger partial charge is 0.314 e. The van der Waals surface area contributed by atoms with Crippen molar-refractivity contribution in [1.82, 2.24) is 10.3 Å². The molecule has 4 heteroatoms. The van der Waals surface area contributed by atoms with E-state index in [-0.39, 0.29) is 5.54 Å². The quantitative estimate of drug-likeness (QED) is 0.801. The van der Waals surface area contributed by atoms with Gasteiger partial charge in [0.25, 0.3) is 0 Å². The third kappa shape index (κ3) is 1.48. The minimum Gasteiger partial charge on any atom is -0.314 e. The second-order valence-corrected chi connectivity index (χ2v) is 5.64. The summed E-state index contributed by atoms with van der Waals surface area (Å²) in [5.41, 5.74) is 1.27. The van der Waals surface area contributed by atoms with E-state index in [1.54, 1.807) is 0 Å². The van der Waals surface area contributed by atoms with Crippen LogP contribution in [0.4, 0.5) is 0 Å². The van der Waals surface area contributed by atoms with Crippen LogP contribution in [0.2, 0.25) is 0 Å². The lowest BCUT2D eigenvalue weighted by atomic mass is 9.82. The number of rotatable bonds is 1. The van der Waals surface area contributed by atoms with E-state index in [2.05, 4.69) is 29.4 Å². The van der Waals surface area contributed by atoms with E-state index in [1.165, 1.54) is 16.4 Å². The van der Waals surface area contributed by atoms with Crippen molar-refractivity contribution in [3.8, 4) is 0 Å².